The summed E-state index contributed by atoms with van der Waals surface area (Å²) in [5.41, 5.74) is 1.50. The lowest BCUT2D eigenvalue weighted by Crippen LogP contribution is -1.98. The highest BCUT2D eigenvalue weighted by atomic mass is 16.3. The highest BCUT2D eigenvalue weighted by molar-refractivity contribution is 4.97. The minimum Gasteiger partial charge on any atom is -0.393 e. The van der Waals surface area contributed by atoms with Crippen molar-refractivity contribution in [2.75, 3.05) is 0 Å². The summed E-state index contributed by atoms with van der Waals surface area (Å²) < 4.78 is 0. The van der Waals surface area contributed by atoms with Crippen molar-refractivity contribution in [3.05, 3.63) is 11.6 Å². The van der Waals surface area contributed by atoms with E-state index in [0.717, 1.165) is 24.7 Å². The highest BCUT2D eigenvalue weighted by Crippen LogP contribution is 2.19. The minimum absolute atomic E-state index is 0.162. The predicted octanol–water partition coefficient (Wildman–Crippen LogP) is 5.73. The van der Waals surface area contributed by atoms with Gasteiger partial charge in [-0.25, -0.2) is 0 Å². The number of allylic oxidation sites excluding steroid dienone is 2. The monoisotopic (exact) mass is 268 g/mol. The number of aliphatic hydroxyl groups is 1. The Bertz CT molecular complexity index is 228. The zero-order valence-electron chi connectivity index (χ0n) is 13.9. The third-order valence-electron chi connectivity index (χ3n) is 3.82. The molecule has 0 aromatic carbocycles. The highest BCUT2D eigenvalue weighted by Gasteiger charge is 2.03. The van der Waals surface area contributed by atoms with E-state index in [4.69, 9.17) is 0 Å². The molecule has 1 N–H and O–H groups in total. The fourth-order valence-corrected chi connectivity index (χ4v) is 2.42. The Morgan fingerprint density at radius 3 is 2.16 bits per heavy atom. The number of hydrogen-bond donors (Lipinski definition) is 1. The van der Waals surface area contributed by atoms with E-state index in [1.54, 1.807) is 0 Å². The van der Waals surface area contributed by atoms with Gasteiger partial charge in [0.25, 0.3) is 0 Å². The Labute approximate surface area is 121 Å². The van der Waals surface area contributed by atoms with Gasteiger partial charge in [-0.1, -0.05) is 58.1 Å². The Hall–Kier alpha value is -0.300. The molecule has 0 amide bonds. The van der Waals surface area contributed by atoms with Crippen LogP contribution >= 0.6 is 0 Å². The van der Waals surface area contributed by atoms with Crippen LogP contribution in [-0.4, -0.2) is 11.2 Å². The van der Waals surface area contributed by atoms with Crippen LogP contribution in [0.3, 0.4) is 0 Å². The van der Waals surface area contributed by atoms with Crippen LogP contribution in [0.5, 0.6) is 0 Å². The first-order valence-electron chi connectivity index (χ1n) is 8.25. The van der Waals surface area contributed by atoms with Gasteiger partial charge in [-0.05, 0) is 51.4 Å². The van der Waals surface area contributed by atoms with E-state index in [2.05, 4.69) is 33.8 Å². The third kappa shape index (κ3) is 13.9. The smallest absolute Gasteiger partial charge is 0.0515 e. The largest absolute Gasteiger partial charge is 0.393 e. The molecule has 0 aromatic rings. The average Bonchev–Trinajstić information content (AvgIpc) is 2.27. The number of rotatable bonds is 11. The van der Waals surface area contributed by atoms with Gasteiger partial charge in [0.15, 0.2) is 0 Å². The van der Waals surface area contributed by atoms with Crippen LogP contribution in [-0.2, 0) is 0 Å². The second kappa shape index (κ2) is 11.5. The molecule has 2 atom stereocenters. The van der Waals surface area contributed by atoms with Crippen LogP contribution in [0.15, 0.2) is 11.6 Å². The molecule has 0 saturated heterocycles. The molecule has 1 heteroatoms. The molecule has 0 fully saturated rings. The molecule has 0 aliphatic carbocycles. The maximum Gasteiger partial charge on any atom is 0.0515 e. The van der Waals surface area contributed by atoms with Gasteiger partial charge in [0.05, 0.1) is 6.10 Å². The van der Waals surface area contributed by atoms with E-state index >= 15 is 0 Å². The van der Waals surface area contributed by atoms with Crippen molar-refractivity contribution in [2.24, 2.45) is 11.8 Å². The summed E-state index contributed by atoms with van der Waals surface area (Å²) in [5.74, 6) is 1.73. The molecule has 2 unspecified atom stereocenters. The summed E-state index contributed by atoms with van der Waals surface area (Å²) in [7, 11) is 0. The van der Waals surface area contributed by atoms with Crippen LogP contribution in [0.2, 0.25) is 0 Å². The Kier molecular flexibility index (Phi) is 11.3. The van der Waals surface area contributed by atoms with Gasteiger partial charge >= 0.3 is 0 Å². The molecule has 0 saturated carbocycles. The summed E-state index contributed by atoms with van der Waals surface area (Å²) in [6.45, 7) is 11.1. The SMILES string of the molecule is C/C(=C\CCC(C)O)CCCC(C)CCCC(C)C. The van der Waals surface area contributed by atoms with Crippen LogP contribution in [0.25, 0.3) is 0 Å². The molecule has 0 aromatic heterocycles. The standard InChI is InChI=1S/C18H36O/c1-15(2)9-6-10-16(3)11-7-12-17(4)13-8-14-18(5)19/h13,15-16,18-19H,6-12,14H2,1-5H3/b17-13+. The molecule has 0 spiro atoms. The minimum atomic E-state index is -0.162. The quantitative estimate of drug-likeness (QED) is 0.475. The van der Waals surface area contributed by atoms with Gasteiger partial charge in [0.2, 0.25) is 0 Å². The van der Waals surface area contributed by atoms with E-state index in [1.165, 1.54) is 44.1 Å². The maximum atomic E-state index is 9.21. The lowest BCUT2D eigenvalue weighted by Gasteiger charge is -2.12. The molecule has 0 aliphatic heterocycles. The van der Waals surface area contributed by atoms with Crippen molar-refractivity contribution < 1.29 is 5.11 Å². The molecule has 0 radical (unpaired) electrons. The molecular weight excluding hydrogens is 232 g/mol. The average molecular weight is 268 g/mol. The fraction of sp³-hybridized carbons (Fsp3) is 0.889. The molecule has 1 nitrogen and oxygen atoms in total. The lowest BCUT2D eigenvalue weighted by atomic mass is 9.94. The van der Waals surface area contributed by atoms with Gasteiger partial charge in [-0.15, -0.1) is 0 Å². The van der Waals surface area contributed by atoms with Crippen molar-refractivity contribution in [1.29, 1.82) is 0 Å². The van der Waals surface area contributed by atoms with Crippen LogP contribution in [0, 0.1) is 11.8 Å². The summed E-state index contributed by atoms with van der Waals surface area (Å²) in [6.07, 6.45) is 12.1. The Morgan fingerprint density at radius 1 is 0.947 bits per heavy atom. The Balaban J connectivity index is 3.55. The zero-order valence-corrected chi connectivity index (χ0v) is 13.9. The summed E-state index contributed by atoms with van der Waals surface area (Å²) in [6, 6.07) is 0. The zero-order chi connectivity index (χ0) is 14.7. The molecule has 19 heavy (non-hydrogen) atoms. The van der Waals surface area contributed by atoms with E-state index in [1.807, 2.05) is 6.92 Å². The Morgan fingerprint density at radius 2 is 1.58 bits per heavy atom. The van der Waals surface area contributed by atoms with E-state index in [9.17, 15) is 5.11 Å². The third-order valence-corrected chi connectivity index (χ3v) is 3.82. The van der Waals surface area contributed by atoms with E-state index < -0.39 is 0 Å². The van der Waals surface area contributed by atoms with Crippen LogP contribution in [0.4, 0.5) is 0 Å². The number of aliphatic hydroxyl groups excluding tert-OH is 1. The second-order valence-corrected chi connectivity index (χ2v) is 6.80. The number of hydrogen-bond acceptors (Lipinski definition) is 1. The first-order valence-corrected chi connectivity index (χ1v) is 8.25. The molecular formula is C18H36O. The predicted molar refractivity (Wildman–Crippen MR) is 86.4 cm³/mol. The van der Waals surface area contributed by atoms with E-state index in [-0.39, 0.29) is 6.10 Å². The van der Waals surface area contributed by atoms with Crippen molar-refractivity contribution in [2.45, 2.75) is 92.1 Å². The van der Waals surface area contributed by atoms with Crippen molar-refractivity contribution in [1.82, 2.24) is 0 Å². The maximum absolute atomic E-state index is 9.21. The van der Waals surface area contributed by atoms with Crippen molar-refractivity contribution in [3.8, 4) is 0 Å². The van der Waals surface area contributed by atoms with Crippen molar-refractivity contribution in [3.63, 3.8) is 0 Å². The van der Waals surface area contributed by atoms with Crippen LogP contribution < -0.4 is 0 Å². The molecule has 114 valence electrons. The van der Waals surface area contributed by atoms with Gasteiger partial charge in [0.1, 0.15) is 0 Å². The van der Waals surface area contributed by atoms with E-state index in [0.29, 0.717) is 0 Å². The summed E-state index contributed by atoms with van der Waals surface area (Å²) >= 11 is 0. The summed E-state index contributed by atoms with van der Waals surface area (Å²) in [4.78, 5) is 0. The van der Waals surface area contributed by atoms with Crippen LogP contribution in [0.1, 0.15) is 86.0 Å². The van der Waals surface area contributed by atoms with Gasteiger partial charge in [0, 0.05) is 0 Å². The summed E-state index contributed by atoms with van der Waals surface area (Å²) in [5, 5.41) is 9.21. The fourth-order valence-electron chi connectivity index (χ4n) is 2.42. The topological polar surface area (TPSA) is 20.2 Å². The van der Waals surface area contributed by atoms with Gasteiger partial charge in [-0.2, -0.15) is 0 Å². The molecule has 0 bridgehead atoms. The van der Waals surface area contributed by atoms with Gasteiger partial charge < -0.3 is 5.11 Å². The normalized spacial score (nSPS) is 15.8. The van der Waals surface area contributed by atoms with Gasteiger partial charge in [-0.3, -0.25) is 0 Å². The molecule has 0 rings (SSSR count). The first-order chi connectivity index (χ1) is 8.91. The lowest BCUT2D eigenvalue weighted by molar-refractivity contribution is 0.186. The second-order valence-electron chi connectivity index (χ2n) is 6.80. The van der Waals surface area contributed by atoms with Crippen molar-refractivity contribution >= 4 is 0 Å². The molecule has 0 heterocycles. The first kappa shape index (κ1) is 18.7. The molecule has 0 aliphatic rings.